The zero-order chi connectivity index (χ0) is 20.7. The van der Waals surface area contributed by atoms with Gasteiger partial charge in [-0.05, 0) is 35.1 Å². The van der Waals surface area contributed by atoms with Gasteiger partial charge in [-0.15, -0.1) is 0 Å². The van der Waals surface area contributed by atoms with Gasteiger partial charge in [0.1, 0.15) is 0 Å². The van der Waals surface area contributed by atoms with Crippen molar-refractivity contribution in [1.29, 1.82) is 0 Å². The first kappa shape index (κ1) is 20.8. The van der Waals surface area contributed by atoms with E-state index in [4.69, 9.17) is 0 Å². The standard InChI is InChI=1S/C26H30N2O/c1-4-5-17-26(2,3)22-15-13-20(14-16-22)9-8-12-25(29)28-23-18-21-10-6-7-11-24(21)27-19-23/h6-11,13-16,18-19H,4-5,12,17H2,1-3H3,(H,28,29). The maximum Gasteiger partial charge on any atom is 0.228 e. The number of rotatable bonds is 8. The van der Waals surface area contributed by atoms with Gasteiger partial charge in [0.15, 0.2) is 0 Å². The van der Waals surface area contributed by atoms with Gasteiger partial charge in [0.2, 0.25) is 5.91 Å². The van der Waals surface area contributed by atoms with E-state index in [0.29, 0.717) is 6.42 Å². The molecule has 2 aromatic carbocycles. The van der Waals surface area contributed by atoms with Gasteiger partial charge in [-0.1, -0.05) is 88.2 Å². The molecule has 0 saturated heterocycles. The van der Waals surface area contributed by atoms with Gasteiger partial charge in [0.25, 0.3) is 0 Å². The number of benzene rings is 2. The van der Waals surface area contributed by atoms with Crippen LogP contribution in [0.25, 0.3) is 17.0 Å². The number of hydrogen-bond acceptors (Lipinski definition) is 2. The third-order valence-electron chi connectivity index (χ3n) is 5.34. The van der Waals surface area contributed by atoms with Crippen molar-refractivity contribution in [3.63, 3.8) is 0 Å². The first-order valence-corrected chi connectivity index (χ1v) is 10.4. The molecule has 3 nitrogen and oxygen atoms in total. The van der Waals surface area contributed by atoms with Crippen LogP contribution in [0.5, 0.6) is 0 Å². The molecule has 3 aromatic rings. The van der Waals surface area contributed by atoms with E-state index in [9.17, 15) is 4.79 Å². The van der Waals surface area contributed by atoms with Crippen molar-refractivity contribution >= 4 is 28.6 Å². The van der Waals surface area contributed by atoms with Crippen LogP contribution < -0.4 is 5.32 Å². The SMILES string of the molecule is CCCCC(C)(C)c1ccc(C=CCC(=O)Nc2cnc3ccccc3c2)cc1. The summed E-state index contributed by atoms with van der Waals surface area (Å²) in [6, 6.07) is 18.5. The predicted molar refractivity (Wildman–Crippen MR) is 123 cm³/mol. The first-order chi connectivity index (χ1) is 14.0. The fraction of sp³-hybridized carbons (Fsp3) is 0.308. The third-order valence-corrected chi connectivity index (χ3v) is 5.34. The Bertz CT molecular complexity index is 987. The number of para-hydroxylation sites is 1. The maximum absolute atomic E-state index is 12.2. The van der Waals surface area contributed by atoms with Crippen molar-refractivity contribution in [2.75, 3.05) is 5.32 Å². The van der Waals surface area contributed by atoms with Gasteiger partial charge in [0.05, 0.1) is 17.4 Å². The highest BCUT2D eigenvalue weighted by atomic mass is 16.1. The van der Waals surface area contributed by atoms with Crippen LogP contribution in [0.2, 0.25) is 0 Å². The minimum Gasteiger partial charge on any atom is -0.324 e. The molecule has 29 heavy (non-hydrogen) atoms. The van der Waals surface area contributed by atoms with E-state index in [2.05, 4.69) is 55.3 Å². The summed E-state index contributed by atoms with van der Waals surface area (Å²) in [5.41, 5.74) is 4.32. The second-order valence-electron chi connectivity index (χ2n) is 8.18. The van der Waals surface area contributed by atoms with Crippen molar-refractivity contribution in [3.05, 3.63) is 78.0 Å². The van der Waals surface area contributed by atoms with Crippen molar-refractivity contribution in [1.82, 2.24) is 4.98 Å². The normalized spacial score (nSPS) is 11.8. The van der Waals surface area contributed by atoms with E-state index in [-0.39, 0.29) is 11.3 Å². The van der Waals surface area contributed by atoms with Crippen molar-refractivity contribution < 1.29 is 4.79 Å². The number of unbranched alkanes of at least 4 members (excludes halogenated alkanes) is 1. The zero-order valence-corrected chi connectivity index (χ0v) is 17.6. The van der Waals surface area contributed by atoms with Gasteiger partial charge in [-0.25, -0.2) is 0 Å². The lowest BCUT2D eigenvalue weighted by Crippen LogP contribution is -2.16. The number of nitrogens with one attached hydrogen (secondary N) is 1. The van der Waals surface area contributed by atoms with Crippen molar-refractivity contribution in [3.8, 4) is 0 Å². The van der Waals surface area contributed by atoms with E-state index < -0.39 is 0 Å². The van der Waals surface area contributed by atoms with Crippen LogP contribution in [0, 0.1) is 0 Å². The Kier molecular flexibility index (Phi) is 6.82. The Morgan fingerprint density at radius 1 is 1.10 bits per heavy atom. The molecule has 0 saturated carbocycles. The number of aromatic nitrogens is 1. The number of carbonyl (C=O) groups excluding carboxylic acids is 1. The Hall–Kier alpha value is -2.94. The number of nitrogens with zero attached hydrogens (tertiary/aromatic N) is 1. The molecular formula is C26H30N2O. The molecule has 3 rings (SSSR count). The fourth-order valence-electron chi connectivity index (χ4n) is 3.46. The lowest BCUT2D eigenvalue weighted by Gasteiger charge is -2.25. The van der Waals surface area contributed by atoms with Crippen LogP contribution in [-0.2, 0) is 10.2 Å². The summed E-state index contributed by atoms with van der Waals surface area (Å²) in [4.78, 5) is 16.6. The van der Waals surface area contributed by atoms with Crippen LogP contribution in [-0.4, -0.2) is 10.9 Å². The fourth-order valence-corrected chi connectivity index (χ4v) is 3.46. The molecule has 1 aromatic heterocycles. The molecule has 0 spiro atoms. The van der Waals surface area contributed by atoms with Gasteiger partial charge in [-0.3, -0.25) is 9.78 Å². The Balaban J connectivity index is 1.55. The van der Waals surface area contributed by atoms with Crippen LogP contribution in [0.15, 0.2) is 66.9 Å². The molecule has 0 aliphatic rings. The Morgan fingerprint density at radius 2 is 1.86 bits per heavy atom. The summed E-state index contributed by atoms with van der Waals surface area (Å²) in [7, 11) is 0. The highest BCUT2D eigenvalue weighted by Crippen LogP contribution is 2.29. The molecule has 0 bridgehead atoms. The molecule has 0 aliphatic heterocycles. The maximum atomic E-state index is 12.2. The van der Waals surface area contributed by atoms with Gasteiger partial charge in [0, 0.05) is 11.8 Å². The van der Waals surface area contributed by atoms with E-state index >= 15 is 0 Å². The average molecular weight is 387 g/mol. The van der Waals surface area contributed by atoms with Gasteiger partial charge in [-0.2, -0.15) is 0 Å². The summed E-state index contributed by atoms with van der Waals surface area (Å²) in [5.74, 6) is -0.0457. The number of fused-ring (bicyclic) bond motifs is 1. The van der Waals surface area contributed by atoms with Crippen LogP contribution in [0.4, 0.5) is 5.69 Å². The predicted octanol–water partition coefficient (Wildman–Crippen LogP) is 6.74. The first-order valence-electron chi connectivity index (χ1n) is 10.4. The monoisotopic (exact) mass is 386 g/mol. The van der Waals surface area contributed by atoms with Crippen LogP contribution >= 0.6 is 0 Å². The Labute approximate surface area is 173 Å². The quantitative estimate of drug-likeness (QED) is 0.465. The zero-order valence-electron chi connectivity index (χ0n) is 17.6. The van der Waals surface area contributed by atoms with Crippen LogP contribution in [0.3, 0.4) is 0 Å². The van der Waals surface area contributed by atoms with Gasteiger partial charge >= 0.3 is 0 Å². The second kappa shape index (κ2) is 9.51. The molecule has 3 heteroatoms. The van der Waals surface area contributed by atoms with Crippen molar-refractivity contribution in [2.45, 2.75) is 51.9 Å². The smallest absolute Gasteiger partial charge is 0.228 e. The molecule has 1 N–H and O–H groups in total. The van der Waals surface area contributed by atoms with E-state index in [1.54, 1.807) is 6.20 Å². The molecule has 0 radical (unpaired) electrons. The molecule has 0 aliphatic carbocycles. The second-order valence-corrected chi connectivity index (χ2v) is 8.18. The van der Waals surface area contributed by atoms with E-state index in [1.807, 2.05) is 42.5 Å². The number of carbonyl (C=O) groups is 1. The molecule has 0 unspecified atom stereocenters. The number of hydrogen-bond donors (Lipinski definition) is 1. The molecular weight excluding hydrogens is 356 g/mol. The highest BCUT2D eigenvalue weighted by molar-refractivity contribution is 5.94. The number of amides is 1. The Morgan fingerprint density at radius 3 is 2.62 bits per heavy atom. The molecule has 1 heterocycles. The largest absolute Gasteiger partial charge is 0.324 e. The van der Waals surface area contributed by atoms with E-state index in [1.165, 1.54) is 24.8 Å². The van der Waals surface area contributed by atoms with E-state index in [0.717, 1.165) is 22.2 Å². The topological polar surface area (TPSA) is 42.0 Å². The molecule has 0 atom stereocenters. The summed E-state index contributed by atoms with van der Waals surface area (Å²) >= 11 is 0. The molecule has 0 fully saturated rings. The average Bonchev–Trinajstić information content (AvgIpc) is 2.72. The minimum atomic E-state index is -0.0457. The molecule has 150 valence electrons. The summed E-state index contributed by atoms with van der Waals surface area (Å²) in [5, 5.41) is 3.93. The van der Waals surface area contributed by atoms with Crippen molar-refractivity contribution in [2.24, 2.45) is 0 Å². The third kappa shape index (κ3) is 5.77. The number of pyridine rings is 1. The minimum absolute atomic E-state index is 0.0457. The lowest BCUT2D eigenvalue weighted by atomic mass is 9.80. The summed E-state index contributed by atoms with van der Waals surface area (Å²) < 4.78 is 0. The van der Waals surface area contributed by atoms with Gasteiger partial charge < -0.3 is 5.32 Å². The molecule has 1 amide bonds. The highest BCUT2D eigenvalue weighted by Gasteiger charge is 2.19. The summed E-state index contributed by atoms with van der Waals surface area (Å²) in [6.45, 7) is 6.84. The summed E-state index contributed by atoms with van der Waals surface area (Å²) in [6.07, 6.45) is 9.60. The van der Waals surface area contributed by atoms with Crippen LogP contribution in [0.1, 0.15) is 57.6 Å². The lowest BCUT2D eigenvalue weighted by molar-refractivity contribution is -0.115. The number of anilines is 1.